The van der Waals surface area contributed by atoms with E-state index in [4.69, 9.17) is 23.1 Å². The van der Waals surface area contributed by atoms with Gasteiger partial charge in [-0.25, -0.2) is 29.9 Å². The standard InChI is InChI=1S/C24H24F3N5O2.C24H26F3N5.C15H15ClN4O2.C9H7F3O.C8H6F3NO/c1-16(17-6-5-7-18(12-17)24(25,26)27)30-23-14-21(28-15-29-23)20-13-19(8-9-22(20)32(33)34)31-10-3-2-4-11-31;1-16(17-6-5-7-18(12-17)24(25,26)27)31-23-14-22(29-15-30-23)20-13-19(8-9-21(20)28)32-10-3-2-4-11-32;16-15-9-13(17-10-18-15)12-8-11(4-5-14(12)20(21)22)19-6-2-1-3-7-19;1-6(13)7-3-2-4-8(5-7)9(10,11)12;9-8(10,11)6-3-1-2-5(4-6)7(12)13/h5-9,12-16H,2-4,10-11H2,1H3,(H,28,29,30);5-9,12-16H,2-4,10-11,28H2,1H3,(H,29,30,31);4-5,8-10H,1-3,6-7H2;2-5H,1H3;1-4H,(H2,12,13). The average molecular weight is 1610 g/mol. The van der Waals surface area contributed by atoms with Crippen LogP contribution in [-0.4, -0.2) is 90.7 Å². The summed E-state index contributed by atoms with van der Waals surface area (Å²) in [6.07, 6.45) is -3.17. The van der Waals surface area contributed by atoms with E-state index in [1.165, 1.54) is 100 Å². The van der Waals surface area contributed by atoms with Crippen molar-refractivity contribution in [3.05, 3.63) is 259 Å². The van der Waals surface area contributed by atoms with Gasteiger partial charge in [0.1, 0.15) is 35.8 Å². The minimum atomic E-state index is -4.44. The van der Waals surface area contributed by atoms with Crippen LogP contribution in [0.1, 0.15) is 145 Å². The summed E-state index contributed by atoms with van der Waals surface area (Å²) in [5.74, 6) is -0.368. The van der Waals surface area contributed by atoms with E-state index in [-0.39, 0.29) is 39.5 Å². The lowest BCUT2D eigenvalue weighted by Gasteiger charge is -2.29. The van der Waals surface area contributed by atoms with E-state index in [1.54, 1.807) is 62.4 Å². The molecule has 6 N–H and O–H groups in total. The van der Waals surface area contributed by atoms with Gasteiger partial charge >= 0.3 is 24.7 Å². The second-order valence-electron chi connectivity index (χ2n) is 26.7. The zero-order chi connectivity index (χ0) is 82.7. The molecule has 3 saturated heterocycles. The molecule has 600 valence electrons. The third-order valence-electron chi connectivity index (χ3n) is 18.6. The highest BCUT2D eigenvalue weighted by Gasteiger charge is 2.34. The predicted molar refractivity (Wildman–Crippen MR) is 412 cm³/mol. The molecular formula is C80H78ClF12N15O6. The van der Waals surface area contributed by atoms with Gasteiger partial charge in [-0.05, 0) is 187 Å². The van der Waals surface area contributed by atoms with Crippen LogP contribution >= 0.6 is 11.6 Å². The number of nitrogens with zero attached hydrogens (tertiary/aromatic N) is 11. The Labute approximate surface area is 652 Å². The zero-order valence-corrected chi connectivity index (χ0v) is 62.4. The van der Waals surface area contributed by atoms with Gasteiger partial charge in [0, 0.05) is 121 Å². The Bertz CT molecular complexity index is 4910. The molecular weight excluding hydrogens is 1530 g/mol. The minimum Gasteiger partial charge on any atom is -0.398 e. The van der Waals surface area contributed by atoms with E-state index in [9.17, 15) is 82.5 Å². The Balaban J connectivity index is 0.000000172. The van der Waals surface area contributed by atoms with Crippen LogP contribution in [0.15, 0.2) is 189 Å². The molecule has 13 rings (SSSR count). The summed E-state index contributed by atoms with van der Waals surface area (Å²) in [7, 11) is 0. The Kier molecular flexibility index (Phi) is 29.0. The van der Waals surface area contributed by atoms with Crippen LogP contribution in [0.25, 0.3) is 33.8 Å². The lowest BCUT2D eigenvalue weighted by atomic mass is 10.0. The SMILES string of the molecule is CC(=O)c1cccc(C(F)(F)F)c1.CC(Nc1cc(-c2cc(N3CCCCC3)ccc2N)ncn1)c1cccc(C(F)(F)F)c1.CC(Nc1cc(-c2cc(N3CCCCC3)ccc2[N+](=O)[O-])ncn1)c1cccc(C(F)(F)F)c1.NC(=O)c1cccc(C(F)(F)F)c1.O=[N+]([O-])c1ccc(N2CCCCC2)cc1-c1cc(Cl)ncn1. The number of Topliss-reactive ketones (excluding diaryl/α,β-unsaturated/α-hetero) is 1. The number of nitrogen functional groups attached to an aromatic ring is 1. The fourth-order valence-corrected chi connectivity index (χ4v) is 12.7. The van der Waals surface area contributed by atoms with E-state index in [2.05, 4.69) is 55.2 Å². The van der Waals surface area contributed by atoms with Crippen molar-refractivity contribution in [2.24, 2.45) is 5.73 Å². The van der Waals surface area contributed by atoms with Gasteiger partial charge in [0.05, 0.1) is 60.3 Å². The van der Waals surface area contributed by atoms with Crippen molar-refractivity contribution in [3.63, 3.8) is 0 Å². The Morgan fingerprint density at radius 1 is 0.430 bits per heavy atom. The average Bonchev–Trinajstić information content (AvgIpc) is 0.806. The molecule has 0 radical (unpaired) electrons. The number of primary amides is 1. The summed E-state index contributed by atoms with van der Waals surface area (Å²) in [5.41, 5.74) is 15.6. The van der Waals surface area contributed by atoms with Gasteiger partial charge in [0.15, 0.2) is 5.78 Å². The summed E-state index contributed by atoms with van der Waals surface area (Å²) >= 11 is 5.88. The van der Waals surface area contributed by atoms with Crippen LogP contribution in [0.2, 0.25) is 5.15 Å². The number of carbonyl (C=O) groups excluding carboxylic acids is 2. The zero-order valence-electron chi connectivity index (χ0n) is 61.6. The molecule has 0 aliphatic carbocycles. The third kappa shape index (κ3) is 24.2. The van der Waals surface area contributed by atoms with Crippen LogP contribution in [0.3, 0.4) is 0 Å². The van der Waals surface area contributed by atoms with E-state index in [0.29, 0.717) is 56.7 Å². The van der Waals surface area contributed by atoms with Gasteiger partial charge in [-0.3, -0.25) is 29.8 Å². The number of anilines is 6. The first-order valence-electron chi connectivity index (χ1n) is 35.9. The minimum absolute atomic E-state index is 0.0236. The number of carbonyl (C=O) groups is 2. The van der Waals surface area contributed by atoms with Crippen molar-refractivity contribution in [1.29, 1.82) is 0 Å². The highest BCUT2D eigenvalue weighted by molar-refractivity contribution is 6.29. The molecule has 0 spiro atoms. The number of nitro groups is 2. The van der Waals surface area contributed by atoms with Crippen molar-refractivity contribution >= 4 is 69.1 Å². The molecule has 0 bridgehead atoms. The number of nitrogens with one attached hydrogen (secondary N) is 2. The van der Waals surface area contributed by atoms with Gasteiger partial charge < -0.3 is 36.8 Å². The van der Waals surface area contributed by atoms with Gasteiger partial charge in [0.2, 0.25) is 5.91 Å². The third-order valence-corrected chi connectivity index (χ3v) is 18.8. The van der Waals surface area contributed by atoms with Crippen molar-refractivity contribution in [1.82, 2.24) is 29.9 Å². The molecule has 114 heavy (non-hydrogen) atoms. The highest BCUT2D eigenvalue weighted by Crippen LogP contribution is 2.40. The lowest BCUT2D eigenvalue weighted by molar-refractivity contribution is -0.384. The molecule has 7 aromatic carbocycles. The first kappa shape index (κ1) is 86.0. The van der Waals surface area contributed by atoms with Crippen LogP contribution in [0.4, 0.5) is 98.4 Å². The number of hydrogen-bond acceptors (Lipinski definition) is 18. The van der Waals surface area contributed by atoms with Crippen molar-refractivity contribution in [3.8, 4) is 33.8 Å². The van der Waals surface area contributed by atoms with Crippen molar-refractivity contribution in [2.45, 2.75) is 115 Å². The molecule has 3 aliphatic rings. The van der Waals surface area contributed by atoms with Crippen molar-refractivity contribution < 1.29 is 72.1 Å². The second-order valence-corrected chi connectivity index (χ2v) is 27.1. The van der Waals surface area contributed by atoms with Gasteiger partial charge in [-0.1, -0.05) is 54.1 Å². The number of ketones is 1. The van der Waals surface area contributed by atoms with Crippen LogP contribution in [0.5, 0.6) is 0 Å². The summed E-state index contributed by atoms with van der Waals surface area (Å²) in [4.78, 5) is 75.2. The maximum Gasteiger partial charge on any atom is 0.416 e. The monoisotopic (exact) mass is 1610 g/mol. The fraction of sp³-hybridized carbons (Fsp3) is 0.300. The Morgan fingerprint density at radius 2 is 0.763 bits per heavy atom. The number of rotatable bonds is 16. The molecule has 0 saturated carbocycles. The molecule has 34 heteroatoms. The second kappa shape index (κ2) is 38.5. The molecule has 3 aromatic heterocycles. The number of nitrogens with two attached hydrogens (primary N) is 2. The maximum atomic E-state index is 13.1. The van der Waals surface area contributed by atoms with Gasteiger partial charge in [-0.15, -0.1) is 0 Å². The number of benzene rings is 7. The molecule has 3 aliphatic heterocycles. The molecule has 2 unspecified atom stereocenters. The van der Waals surface area contributed by atoms with Crippen molar-refractivity contribution in [2.75, 3.05) is 70.3 Å². The van der Waals surface area contributed by atoms with Crippen LogP contribution in [-0.2, 0) is 24.7 Å². The Hall–Kier alpha value is -12.0. The number of halogens is 13. The predicted octanol–water partition coefficient (Wildman–Crippen LogP) is 20.5. The van der Waals surface area contributed by atoms with E-state index >= 15 is 0 Å². The summed E-state index contributed by atoms with van der Waals surface area (Å²) in [6.45, 7) is 10.5. The largest absolute Gasteiger partial charge is 0.416 e. The maximum absolute atomic E-state index is 13.1. The summed E-state index contributed by atoms with van der Waals surface area (Å²) < 4.78 is 151. The van der Waals surface area contributed by atoms with Crippen LogP contribution < -0.4 is 36.8 Å². The number of nitro benzene ring substituents is 2. The van der Waals surface area contributed by atoms with E-state index in [1.807, 2.05) is 24.3 Å². The van der Waals surface area contributed by atoms with Gasteiger partial charge in [0.25, 0.3) is 11.4 Å². The lowest BCUT2D eigenvalue weighted by Crippen LogP contribution is -2.29. The molecule has 1 amide bonds. The molecule has 3 fully saturated rings. The molecule has 2 atom stereocenters. The number of piperidine rings is 3. The topological polar surface area (TPSA) is 284 Å². The summed E-state index contributed by atoms with van der Waals surface area (Å²) in [6, 6.07) is 38.9. The van der Waals surface area contributed by atoms with E-state index in [0.717, 1.165) is 142 Å². The first-order chi connectivity index (χ1) is 54.0. The van der Waals surface area contributed by atoms with Gasteiger partial charge in [-0.2, -0.15) is 52.7 Å². The van der Waals surface area contributed by atoms with E-state index < -0.39 is 68.8 Å². The number of aromatic nitrogens is 6. The van der Waals surface area contributed by atoms with Crippen LogP contribution in [0, 0.1) is 20.2 Å². The smallest absolute Gasteiger partial charge is 0.398 e. The first-order valence-corrected chi connectivity index (χ1v) is 36.2. The number of amides is 1. The normalized spacial score (nSPS) is 14.3. The number of hydrogen-bond donors (Lipinski definition) is 4. The molecule has 6 heterocycles. The number of alkyl halides is 12. The summed E-state index contributed by atoms with van der Waals surface area (Å²) in [5, 5.41) is 29.5. The fourth-order valence-electron chi connectivity index (χ4n) is 12.6. The highest BCUT2D eigenvalue weighted by atomic mass is 35.5. The quantitative estimate of drug-likeness (QED) is 0.0175. The molecule has 21 nitrogen and oxygen atoms in total. The molecule has 10 aromatic rings. The Morgan fingerprint density at radius 3 is 1.13 bits per heavy atom.